The molecule has 1 aromatic heterocycles. The summed E-state index contributed by atoms with van der Waals surface area (Å²) in [7, 11) is 2.15. The zero-order valence-corrected chi connectivity index (χ0v) is 20.4. The van der Waals surface area contributed by atoms with Crippen LogP contribution < -0.4 is 4.90 Å². The zero-order valence-electron chi connectivity index (χ0n) is 20.4. The van der Waals surface area contributed by atoms with E-state index in [1.807, 2.05) is 0 Å². The van der Waals surface area contributed by atoms with Gasteiger partial charge >= 0.3 is 0 Å². The van der Waals surface area contributed by atoms with Crippen molar-refractivity contribution in [3.63, 3.8) is 0 Å². The third kappa shape index (κ3) is 3.68. The standard InChI is InChI=1S/C33H28N2/c1-23-11-17-26(18-12-23)35(27-19-13-24(2)14-20-27)28-21-15-25(16-22-28)29-8-6-10-32-33(29)30-7-4-5-9-31(30)34(32)3/h4-22H,1-3H3. The molecule has 1 heterocycles. The van der Waals surface area contributed by atoms with Gasteiger partial charge in [-0.25, -0.2) is 0 Å². The van der Waals surface area contributed by atoms with Gasteiger partial charge in [-0.15, -0.1) is 0 Å². The first kappa shape index (κ1) is 21.2. The Morgan fingerprint density at radius 2 is 1.03 bits per heavy atom. The molecular formula is C33H28N2. The SMILES string of the molecule is Cc1ccc(N(c2ccc(C)cc2)c2ccc(-c3cccc4c3c3ccccc3n4C)cc2)cc1. The second-order valence-corrected chi connectivity index (χ2v) is 9.33. The summed E-state index contributed by atoms with van der Waals surface area (Å²) in [4.78, 5) is 2.32. The Labute approximate surface area is 206 Å². The quantitative estimate of drug-likeness (QED) is 0.259. The zero-order chi connectivity index (χ0) is 23.9. The summed E-state index contributed by atoms with van der Waals surface area (Å²) in [6, 6.07) is 41.7. The lowest BCUT2D eigenvalue weighted by molar-refractivity contribution is 1.01. The van der Waals surface area contributed by atoms with E-state index in [0.29, 0.717) is 0 Å². The summed E-state index contributed by atoms with van der Waals surface area (Å²) in [6.45, 7) is 4.26. The van der Waals surface area contributed by atoms with Crippen LogP contribution in [0, 0.1) is 13.8 Å². The average molecular weight is 453 g/mol. The van der Waals surface area contributed by atoms with Crippen molar-refractivity contribution >= 4 is 38.9 Å². The van der Waals surface area contributed by atoms with Gasteiger partial charge in [0.05, 0.1) is 0 Å². The molecule has 2 heteroatoms. The Bertz CT molecular complexity index is 1590. The number of para-hydroxylation sites is 1. The van der Waals surface area contributed by atoms with Crippen LogP contribution in [0.4, 0.5) is 17.1 Å². The van der Waals surface area contributed by atoms with Crippen LogP contribution in [0.25, 0.3) is 32.9 Å². The Morgan fingerprint density at radius 3 is 1.63 bits per heavy atom. The van der Waals surface area contributed by atoms with E-state index in [1.54, 1.807) is 0 Å². The molecule has 6 rings (SSSR count). The van der Waals surface area contributed by atoms with Crippen LogP contribution in [0.5, 0.6) is 0 Å². The molecule has 0 radical (unpaired) electrons. The largest absolute Gasteiger partial charge is 0.344 e. The second-order valence-electron chi connectivity index (χ2n) is 9.33. The Balaban J connectivity index is 1.48. The van der Waals surface area contributed by atoms with Gasteiger partial charge < -0.3 is 9.47 Å². The van der Waals surface area contributed by atoms with E-state index in [-0.39, 0.29) is 0 Å². The van der Waals surface area contributed by atoms with Gasteiger partial charge in [0.1, 0.15) is 0 Å². The fourth-order valence-electron chi connectivity index (χ4n) is 5.08. The molecule has 35 heavy (non-hydrogen) atoms. The highest BCUT2D eigenvalue weighted by Crippen LogP contribution is 2.39. The minimum absolute atomic E-state index is 1.14. The van der Waals surface area contributed by atoms with E-state index < -0.39 is 0 Å². The summed E-state index contributed by atoms with van der Waals surface area (Å²) in [5.41, 5.74) is 11.0. The highest BCUT2D eigenvalue weighted by atomic mass is 15.1. The van der Waals surface area contributed by atoms with Gasteiger partial charge in [-0.3, -0.25) is 0 Å². The molecule has 170 valence electrons. The molecule has 0 atom stereocenters. The van der Waals surface area contributed by atoms with Crippen LogP contribution in [0.3, 0.4) is 0 Å². The number of hydrogen-bond acceptors (Lipinski definition) is 1. The number of fused-ring (bicyclic) bond motifs is 3. The maximum Gasteiger partial charge on any atom is 0.0495 e. The third-order valence-corrected chi connectivity index (χ3v) is 6.96. The predicted molar refractivity (Wildman–Crippen MR) is 150 cm³/mol. The molecule has 6 aromatic rings. The van der Waals surface area contributed by atoms with Crippen molar-refractivity contribution in [3.8, 4) is 11.1 Å². The topological polar surface area (TPSA) is 8.17 Å². The third-order valence-electron chi connectivity index (χ3n) is 6.96. The van der Waals surface area contributed by atoms with Crippen molar-refractivity contribution in [1.82, 2.24) is 4.57 Å². The van der Waals surface area contributed by atoms with Crippen LogP contribution in [0.1, 0.15) is 11.1 Å². The highest BCUT2D eigenvalue weighted by Gasteiger charge is 2.15. The van der Waals surface area contributed by atoms with Gasteiger partial charge in [0, 0.05) is 45.9 Å². The lowest BCUT2D eigenvalue weighted by Gasteiger charge is -2.26. The molecule has 0 unspecified atom stereocenters. The van der Waals surface area contributed by atoms with Crippen molar-refractivity contribution < 1.29 is 0 Å². The maximum atomic E-state index is 2.32. The summed E-state index contributed by atoms with van der Waals surface area (Å²) >= 11 is 0. The number of aromatic nitrogens is 1. The summed E-state index contributed by atoms with van der Waals surface area (Å²) in [5, 5.41) is 2.61. The number of anilines is 3. The molecule has 0 amide bonds. The van der Waals surface area contributed by atoms with Crippen molar-refractivity contribution in [1.29, 1.82) is 0 Å². The Hall–Kier alpha value is -4.30. The lowest BCUT2D eigenvalue weighted by Crippen LogP contribution is -2.09. The molecule has 5 aromatic carbocycles. The lowest BCUT2D eigenvalue weighted by atomic mass is 9.99. The molecule has 0 fully saturated rings. The van der Waals surface area contributed by atoms with E-state index >= 15 is 0 Å². The molecule has 0 aliphatic heterocycles. The van der Waals surface area contributed by atoms with Crippen molar-refractivity contribution in [2.75, 3.05) is 4.90 Å². The first-order chi connectivity index (χ1) is 17.1. The minimum Gasteiger partial charge on any atom is -0.344 e. The summed E-state index contributed by atoms with van der Waals surface area (Å²) in [6.07, 6.45) is 0. The van der Waals surface area contributed by atoms with Gasteiger partial charge in [0.25, 0.3) is 0 Å². The molecule has 0 spiro atoms. The van der Waals surface area contributed by atoms with Crippen LogP contribution in [-0.2, 0) is 7.05 Å². The normalized spacial score (nSPS) is 11.3. The average Bonchev–Trinajstić information content (AvgIpc) is 3.19. The number of hydrogen-bond donors (Lipinski definition) is 0. The van der Waals surface area contributed by atoms with E-state index in [9.17, 15) is 0 Å². The van der Waals surface area contributed by atoms with Gasteiger partial charge in [-0.1, -0.05) is 77.9 Å². The van der Waals surface area contributed by atoms with E-state index in [1.165, 1.54) is 44.1 Å². The van der Waals surface area contributed by atoms with Gasteiger partial charge in [-0.2, -0.15) is 0 Å². The Kier molecular flexibility index (Phi) is 5.15. The number of nitrogens with zero attached hydrogens (tertiary/aromatic N) is 2. The first-order valence-corrected chi connectivity index (χ1v) is 12.1. The van der Waals surface area contributed by atoms with Crippen molar-refractivity contribution in [2.45, 2.75) is 13.8 Å². The van der Waals surface area contributed by atoms with E-state index in [4.69, 9.17) is 0 Å². The first-order valence-electron chi connectivity index (χ1n) is 12.1. The molecule has 0 aliphatic carbocycles. The van der Waals surface area contributed by atoms with Crippen molar-refractivity contribution in [3.05, 3.63) is 126 Å². The second kappa shape index (κ2) is 8.48. The molecule has 0 saturated heterocycles. The minimum atomic E-state index is 1.14. The van der Waals surface area contributed by atoms with Gasteiger partial charge in [0.15, 0.2) is 0 Å². The van der Waals surface area contributed by atoms with E-state index in [2.05, 4.69) is 146 Å². The maximum absolute atomic E-state index is 2.32. The van der Waals surface area contributed by atoms with Gasteiger partial charge in [0.2, 0.25) is 0 Å². The smallest absolute Gasteiger partial charge is 0.0495 e. The fraction of sp³-hybridized carbons (Fsp3) is 0.0909. The fourth-order valence-corrected chi connectivity index (χ4v) is 5.08. The molecule has 0 bridgehead atoms. The number of benzene rings is 5. The number of rotatable bonds is 4. The monoisotopic (exact) mass is 452 g/mol. The predicted octanol–water partition coefficient (Wildman–Crippen LogP) is 9.09. The summed E-state index contributed by atoms with van der Waals surface area (Å²) < 4.78 is 2.29. The molecule has 2 nitrogen and oxygen atoms in total. The van der Waals surface area contributed by atoms with Crippen LogP contribution in [-0.4, -0.2) is 4.57 Å². The molecule has 0 saturated carbocycles. The highest BCUT2D eigenvalue weighted by molar-refractivity contribution is 6.14. The van der Waals surface area contributed by atoms with Crippen molar-refractivity contribution in [2.24, 2.45) is 7.05 Å². The summed E-state index contributed by atoms with van der Waals surface area (Å²) in [5.74, 6) is 0. The van der Waals surface area contributed by atoms with E-state index in [0.717, 1.165) is 17.1 Å². The van der Waals surface area contributed by atoms with Crippen LogP contribution in [0.15, 0.2) is 115 Å². The number of aryl methyl sites for hydroxylation is 3. The van der Waals surface area contributed by atoms with Gasteiger partial charge in [-0.05, 0) is 73.5 Å². The molecule has 0 N–H and O–H groups in total. The van der Waals surface area contributed by atoms with Crippen LogP contribution in [0.2, 0.25) is 0 Å². The van der Waals surface area contributed by atoms with Crippen LogP contribution >= 0.6 is 0 Å². The Morgan fingerprint density at radius 1 is 0.514 bits per heavy atom. The molecule has 0 aliphatic rings. The molecular weight excluding hydrogens is 424 g/mol.